The van der Waals surface area contributed by atoms with Gasteiger partial charge in [-0.3, -0.25) is 9.59 Å². The van der Waals surface area contributed by atoms with Crippen molar-refractivity contribution in [3.8, 4) is 0 Å². The van der Waals surface area contributed by atoms with E-state index < -0.39 is 6.04 Å². The van der Waals surface area contributed by atoms with Crippen molar-refractivity contribution in [1.29, 1.82) is 0 Å². The van der Waals surface area contributed by atoms with Crippen LogP contribution in [0.1, 0.15) is 25.8 Å². The van der Waals surface area contributed by atoms with Gasteiger partial charge >= 0.3 is 0 Å². The summed E-state index contributed by atoms with van der Waals surface area (Å²) in [5.41, 5.74) is 2.12. The first-order chi connectivity index (χ1) is 10.6. The minimum atomic E-state index is -0.470. The van der Waals surface area contributed by atoms with E-state index in [-0.39, 0.29) is 11.8 Å². The molecule has 3 rings (SSSR count). The van der Waals surface area contributed by atoms with Gasteiger partial charge in [-0.05, 0) is 28.8 Å². The number of nitrogens with one attached hydrogen (secondary N) is 1. The van der Waals surface area contributed by atoms with Gasteiger partial charge in [0, 0.05) is 25.6 Å². The molecule has 1 N–H and O–H groups in total. The lowest BCUT2D eigenvalue weighted by molar-refractivity contribution is -0.126. The Balaban J connectivity index is 2.14. The van der Waals surface area contributed by atoms with E-state index in [4.69, 9.17) is 0 Å². The SMILES string of the molecule is CCCN1C(=O)C(NC(C)=O)Cc2c1ccc1ccccc21. The highest BCUT2D eigenvalue weighted by molar-refractivity contribution is 6.05. The van der Waals surface area contributed by atoms with Crippen LogP contribution in [0.15, 0.2) is 36.4 Å². The van der Waals surface area contributed by atoms with Gasteiger partial charge in [0.25, 0.3) is 0 Å². The summed E-state index contributed by atoms with van der Waals surface area (Å²) in [7, 11) is 0. The van der Waals surface area contributed by atoms with E-state index in [2.05, 4.69) is 30.4 Å². The molecule has 0 spiro atoms. The molecule has 0 aliphatic carbocycles. The van der Waals surface area contributed by atoms with Gasteiger partial charge in [0.15, 0.2) is 0 Å². The Labute approximate surface area is 130 Å². The Bertz CT molecular complexity index is 739. The van der Waals surface area contributed by atoms with Crippen molar-refractivity contribution in [2.75, 3.05) is 11.4 Å². The standard InChI is InChI=1S/C18H20N2O2/c1-3-10-20-17-9-8-13-6-4-5-7-14(13)15(17)11-16(18(20)22)19-12(2)21/h4-9,16H,3,10-11H2,1-2H3,(H,19,21). The van der Waals surface area contributed by atoms with Crippen LogP contribution in [-0.2, 0) is 16.0 Å². The van der Waals surface area contributed by atoms with Crippen LogP contribution in [0.2, 0.25) is 0 Å². The van der Waals surface area contributed by atoms with E-state index in [1.807, 2.05) is 23.1 Å². The van der Waals surface area contributed by atoms with Crippen LogP contribution in [-0.4, -0.2) is 24.4 Å². The fraction of sp³-hybridized carbons (Fsp3) is 0.333. The van der Waals surface area contributed by atoms with Crippen LogP contribution in [0, 0.1) is 0 Å². The highest BCUT2D eigenvalue weighted by atomic mass is 16.2. The third-order valence-corrected chi connectivity index (χ3v) is 4.10. The normalized spacial score (nSPS) is 17.5. The number of anilines is 1. The van der Waals surface area contributed by atoms with Crippen molar-refractivity contribution >= 4 is 28.3 Å². The lowest BCUT2D eigenvalue weighted by Gasteiger charge is -2.35. The number of carbonyl (C=O) groups is 2. The molecule has 1 atom stereocenters. The molecule has 114 valence electrons. The number of hydrogen-bond donors (Lipinski definition) is 1. The van der Waals surface area contributed by atoms with Gasteiger partial charge in [-0.2, -0.15) is 0 Å². The van der Waals surface area contributed by atoms with Crippen molar-refractivity contribution < 1.29 is 9.59 Å². The van der Waals surface area contributed by atoms with Crippen molar-refractivity contribution in [3.63, 3.8) is 0 Å². The summed E-state index contributed by atoms with van der Waals surface area (Å²) >= 11 is 0. The summed E-state index contributed by atoms with van der Waals surface area (Å²) < 4.78 is 0. The molecule has 0 bridgehead atoms. The lowest BCUT2D eigenvalue weighted by Crippen LogP contribution is -2.52. The molecule has 0 radical (unpaired) electrons. The van der Waals surface area contributed by atoms with E-state index >= 15 is 0 Å². The number of carbonyl (C=O) groups excluding carboxylic acids is 2. The molecule has 2 aromatic rings. The topological polar surface area (TPSA) is 49.4 Å². The van der Waals surface area contributed by atoms with E-state index in [9.17, 15) is 9.59 Å². The summed E-state index contributed by atoms with van der Waals surface area (Å²) in [6.07, 6.45) is 1.43. The molecular formula is C18H20N2O2. The Morgan fingerprint density at radius 2 is 2.05 bits per heavy atom. The molecule has 1 unspecified atom stereocenters. The molecule has 0 saturated carbocycles. The second-order valence-corrected chi connectivity index (χ2v) is 5.73. The van der Waals surface area contributed by atoms with Gasteiger partial charge in [0.1, 0.15) is 6.04 Å². The smallest absolute Gasteiger partial charge is 0.249 e. The molecule has 1 heterocycles. The Kier molecular flexibility index (Phi) is 3.84. The second-order valence-electron chi connectivity index (χ2n) is 5.73. The van der Waals surface area contributed by atoms with Crippen molar-refractivity contribution in [1.82, 2.24) is 5.32 Å². The quantitative estimate of drug-likeness (QED) is 0.946. The van der Waals surface area contributed by atoms with Gasteiger partial charge in [-0.15, -0.1) is 0 Å². The molecule has 0 aromatic heterocycles. The third-order valence-electron chi connectivity index (χ3n) is 4.10. The van der Waals surface area contributed by atoms with Crippen LogP contribution in [0.25, 0.3) is 10.8 Å². The zero-order chi connectivity index (χ0) is 15.7. The molecule has 2 amide bonds. The van der Waals surface area contributed by atoms with E-state index in [1.54, 1.807) is 0 Å². The zero-order valence-corrected chi connectivity index (χ0v) is 12.9. The maximum Gasteiger partial charge on any atom is 0.249 e. The monoisotopic (exact) mass is 296 g/mol. The van der Waals surface area contributed by atoms with E-state index in [0.29, 0.717) is 13.0 Å². The van der Waals surface area contributed by atoms with Gasteiger partial charge in [0.05, 0.1) is 0 Å². The maximum atomic E-state index is 12.7. The van der Waals surface area contributed by atoms with Crippen molar-refractivity contribution in [2.45, 2.75) is 32.7 Å². The van der Waals surface area contributed by atoms with Crippen LogP contribution >= 0.6 is 0 Å². The molecule has 2 aromatic carbocycles. The van der Waals surface area contributed by atoms with Crippen molar-refractivity contribution in [3.05, 3.63) is 42.0 Å². The number of fused-ring (bicyclic) bond motifs is 3. The first kappa shape index (κ1) is 14.6. The Morgan fingerprint density at radius 1 is 1.27 bits per heavy atom. The number of benzene rings is 2. The fourth-order valence-corrected chi connectivity index (χ4v) is 3.20. The maximum absolute atomic E-state index is 12.7. The van der Waals surface area contributed by atoms with E-state index in [1.165, 1.54) is 6.92 Å². The predicted molar refractivity (Wildman–Crippen MR) is 87.9 cm³/mol. The molecule has 1 aliphatic rings. The zero-order valence-electron chi connectivity index (χ0n) is 12.9. The average molecular weight is 296 g/mol. The number of rotatable bonds is 3. The Morgan fingerprint density at radius 3 is 2.77 bits per heavy atom. The minimum Gasteiger partial charge on any atom is -0.344 e. The first-order valence-corrected chi connectivity index (χ1v) is 7.71. The predicted octanol–water partition coefficient (Wildman–Crippen LogP) is 2.64. The second kappa shape index (κ2) is 5.79. The number of nitrogens with zero attached hydrogens (tertiary/aromatic N) is 1. The van der Waals surface area contributed by atoms with E-state index in [0.717, 1.165) is 28.4 Å². The Hall–Kier alpha value is -2.36. The van der Waals surface area contributed by atoms with Crippen LogP contribution in [0.4, 0.5) is 5.69 Å². The first-order valence-electron chi connectivity index (χ1n) is 7.71. The summed E-state index contributed by atoms with van der Waals surface area (Å²) in [5, 5.41) is 5.11. The molecule has 4 heteroatoms. The fourth-order valence-electron chi connectivity index (χ4n) is 3.20. The molecule has 22 heavy (non-hydrogen) atoms. The summed E-state index contributed by atoms with van der Waals surface area (Å²) in [6.45, 7) is 4.17. The minimum absolute atomic E-state index is 0.0140. The summed E-state index contributed by atoms with van der Waals surface area (Å²) in [6, 6.07) is 11.8. The molecule has 1 aliphatic heterocycles. The van der Waals surface area contributed by atoms with Crippen LogP contribution < -0.4 is 10.2 Å². The summed E-state index contributed by atoms with van der Waals surface area (Å²) in [5.74, 6) is -0.182. The highest BCUT2D eigenvalue weighted by Crippen LogP contribution is 2.34. The van der Waals surface area contributed by atoms with Gasteiger partial charge in [0.2, 0.25) is 11.8 Å². The highest BCUT2D eigenvalue weighted by Gasteiger charge is 2.33. The third kappa shape index (κ3) is 2.45. The van der Waals surface area contributed by atoms with Crippen LogP contribution in [0.3, 0.4) is 0 Å². The number of hydrogen-bond acceptors (Lipinski definition) is 2. The van der Waals surface area contributed by atoms with Crippen molar-refractivity contribution in [2.24, 2.45) is 0 Å². The largest absolute Gasteiger partial charge is 0.344 e. The number of amides is 2. The van der Waals surface area contributed by atoms with Gasteiger partial charge < -0.3 is 10.2 Å². The van der Waals surface area contributed by atoms with Crippen LogP contribution in [0.5, 0.6) is 0 Å². The molecule has 0 saturated heterocycles. The average Bonchev–Trinajstić information content (AvgIpc) is 2.50. The van der Waals surface area contributed by atoms with Gasteiger partial charge in [-0.25, -0.2) is 0 Å². The van der Waals surface area contributed by atoms with Gasteiger partial charge in [-0.1, -0.05) is 37.3 Å². The summed E-state index contributed by atoms with van der Waals surface area (Å²) in [4.78, 5) is 25.9. The molecular weight excluding hydrogens is 276 g/mol. The lowest BCUT2D eigenvalue weighted by atomic mass is 9.92. The molecule has 0 fully saturated rings. The molecule has 4 nitrogen and oxygen atoms in total.